The third kappa shape index (κ3) is 4.75. The number of carboxylic acids is 2. The van der Waals surface area contributed by atoms with Gasteiger partial charge in [-0.3, -0.25) is 4.79 Å². The van der Waals surface area contributed by atoms with Crippen LogP contribution in [0.1, 0.15) is 30.4 Å². The van der Waals surface area contributed by atoms with Crippen molar-refractivity contribution < 1.29 is 24.6 Å². The van der Waals surface area contributed by atoms with Crippen LogP contribution in [0.15, 0.2) is 72.8 Å². The maximum atomic E-state index is 12.8. The molecule has 1 unspecified atom stereocenters. The molecule has 0 radical (unpaired) electrons. The predicted molar refractivity (Wildman–Crippen MR) is 124 cm³/mol. The molecule has 0 bridgehead atoms. The van der Waals surface area contributed by atoms with E-state index in [4.69, 9.17) is 0 Å². The summed E-state index contributed by atoms with van der Waals surface area (Å²) >= 11 is 0. The second kappa shape index (κ2) is 9.86. The number of hydrogen-bond donors (Lipinski definition) is 2. The summed E-state index contributed by atoms with van der Waals surface area (Å²) in [5, 5.41) is 19.5. The van der Waals surface area contributed by atoms with Crippen LogP contribution in [0.2, 0.25) is 0 Å². The van der Waals surface area contributed by atoms with Crippen molar-refractivity contribution in [3.8, 4) is 11.1 Å². The Bertz CT molecular complexity index is 1110. The number of aliphatic carboxylic acids is 2. The van der Waals surface area contributed by atoms with E-state index >= 15 is 0 Å². The second-order valence-corrected chi connectivity index (χ2v) is 8.56. The largest absolute Gasteiger partial charge is 0.480 e. The number of hydrogen-bond acceptors (Lipinski definition) is 3. The van der Waals surface area contributed by atoms with Gasteiger partial charge in [-0.25, -0.2) is 9.59 Å². The SMILES string of the molecule is O=C(O)C(Cc1ccccc1)N1C(=O)[C@H](CCCCc2ccc3cccccc2-3)[C@@H]1C(=O)O. The molecule has 1 fully saturated rings. The zero-order chi connectivity index (χ0) is 23.4. The fourth-order valence-corrected chi connectivity index (χ4v) is 4.81. The number of nitrogens with zero attached hydrogens (tertiary/aromatic N) is 1. The Kier molecular flexibility index (Phi) is 6.73. The highest BCUT2D eigenvalue weighted by Crippen LogP contribution is 2.35. The molecule has 0 saturated carbocycles. The molecule has 33 heavy (non-hydrogen) atoms. The average molecular weight is 446 g/mol. The number of aryl methyl sites for hydroxylation is 1. The molecule has 1 aromatic rings. The number of carboxylic acid groups (broad SMARTS) is 2. The molecule has 6 nitrogen and oxygen atoms in total. The topological polar surface area (TPSA) is 94.9 Å². The van der Waals surface area contributed by atoms with Crippen molar-refractivity contribution in [2.75, 3.05) is 0 Å². The smallest absolute Gasteiger partial charge is 0.327 e. The summed E-state index contributed by atoms with van der Waals surface area (Å²) < 4.78 is 0. The van der Waals surface area contributed by atoms with Crippen molar-refractivity contribution in [2.24, 2.45) is 5.92 Å². The van der Waals surface area contributed by atoms with Gasteiger partial charge >= 0.3 is 11.9 Å². The van der Waals surface area contributed by atoms with Crippen molar-refractivity contribution in [1.82, 2.24) is 4.90 Å². The number of unbranched alkanes of at least 4 members (excludes halogenated alkanes) is 1. The summed E-state index contributed by atoms with van der Waals surface area (Å²) in [5.74, 6) is -3.38. The molecule has 2 N–H and O–H groups in total. The molecular formula is C27H27NO5. The summed E-state index contributed by atoms with van der Waals surface area (Å²) in [4.78, 5) is 37.7. The van der Waals surface area contributed by atoms with E-state index in [0.717, 1.165) is 23.3 Å². The van der Waals surface area contributed by atoms with Crippen molar-refractivity contribution in [2.45, 2.75) is 44.2 Å². The van der Waals surface area contributed by atoms with E-state index in [0.29, 0.717) is 12.8 Å². The van der Waals surface area contributed by atoms with Gasteiger partial charge < -0.3 is 15.1 Å². The molecule has 0 spiro atoms. The van der Waals surface area contributed by atoms with Crippen LogP contribution in [0, 0.1) is 5.92 Å². The summed E-state index contributed by atoms with van der Waals surface area (Å²) in [6.07, 6.45) is 2.91. The first-order valence-electron chi connectivity index (χ1n) is 11.3. The van der Waals surface area contributed by atoms with Crippen LogP contribution in [-0.2, 0) is 27.2 Å². The lowest BCUT2D eigenvalue weighted by atomic mass is 9.80. The Balaban J connectivity index is 1.37. The van der Waals surface area contributed by atoms with Crippen LogP contribution in [-0.4, -0.2) is 45.0 Å². The highest BCUT2D eigenvalue weighted by molar-refractivity contribution is 5.99. The molecule has 3 atom stereocenters. The lowest BCUT2D eigenvalue weighted by molar-refractivity contribution is -0.180. The molecule has 1 saturated heterocycles. The first-order valence-corrected chi connectivity index (χ1v) is 11.3. The summed E-state index contributed by atoms with van der Waals surface area (Å²) in [6, 6.07) is 21.1. The number of β-lactam (4-membered cyclic amide) rings is 1. The first kappa shape index (κ1) is 22.5. The van der Waals surface area contributed by atoms with E-state index in [1.807, 2.05) is 24.3 Å². The molecule has 1 heterocycles. The first-order chi connectivity index (χ1) is 16.0. The van der Waals surface area contributed by atoms with Crippen molar-refractivity contribution >= 4 is 17.8 Å². The monoisotopic (exact) mass is 445 g/mol. The summed E-state index contributed by atoms with van der Waals surface area (Å²) in [5.41, 5.74) is 4.38. The van der Waals surface area contributed by atoms with Gasteiger partial charge in [-0.15, -0.1) is 0 Å². The maximum absolute atomic E-state index is 12.8. The average Bonchev–Trinajstić information content (AvgIpc) is 3.02. The normalized spacial score (nSPS) is 18.7. The molecule has 3 aliphatic rings. The van der Waals surface area contributed by atoms with Crippen LogP contribution in [0.3, 0.4) is 0 Å². The lowest BCUT2D eigenvalue weighted by Crippen LogP contribution is -2.69. The number of likely N-dealkylation sites (tertiary alicyclic amines) is 1. The molecular weight excluding hydrogens is 418 g/mol. The molecule has 4 rings (SSSR count). The Morgan fingerprint density at radius 3 is 2.27 bits per heavy atom. The molecule has 2 aliphatic carbocycles. The van der Waals surface area contributed by atoms with Crippen LogP contribution in [0.4, 0.5) is 0 Å². The number of benzene rings is 1. The highest BCUT2D eigenvalue weighted by atomic mass is 16.4. The van der Waals surface area contributed by atoms with Crippen LogP contribution in [0.5, 0.6) is 0 Å². The van der Waals surface area contributed by atoms with E-state index in [-0.39, 0.29) is 12.3 Å². The molecule has 0 aromatic heterocycles. The van der Waals surface area contributed by atoms with Crippen LogP contribution < -0.4 is 0 Å². The second-order valence-electron chi connectivity index (χ2n) is 8.56. The molecule has 1 aliphatic heterocycles. The molecule has 6 heteroatoms. The number of rotatable bonds is 10. The Hall–Kier alpha value is -3.67. The third-order valence-electron chi connectivity index (χ3n) is 6.49. The van der Waals surface area contributed by atoms with E-state index in [1.165, 1.54) is 16.7 Å². The van der Waals surface area contributed by atoms with Gasteiger partial charge in [0.1, 0.15) is 12.1 Å². The van der Waals surface area contributed by atoms with Crippen molar-refractivity contribution in [3.05, 3.63) is 83.9 Å². The van der Waals surface area contributed by atoms with Crippen LogP contribution in [0.25, 0.3) is 11.1 Å². The van der Waals surface area contributed by atoms with Gasteiger partial charge in [0, 0.05) is 6.42 Å². The molecule has 170 valence electrons. The maximum Gasteiger partial charge on any atom is 0.327 e. The van der Waals surface area contributed by atoms with E-state index in [2.05, 4.69) is 24.3 Å². The van der Waals surface area contributed by atoms with Gasteiger partial charge in [0.2, 0.25) is 5.91 Å². The van der Waals surface area contributed by atoms with Gasteiger partial charge in [0.05, 0.1) is 5.92 Å². The highest BCUT2D eigenvalue weighted by Gasteiger charge is 2.55. The minimum Gasteiger partial charge on any atom is -0.480 e. The van der Waals surface area contributed by atoms with Crippen molar-refractivity contribution in [3.63, 3.8) is 0 Å². The van der Waals surface area contributed by atoms with Gasteiger partial charge in [-0.05, 0) is 41.5 Å². The van der Waals surface area contributed by atoms with Gasteiger partial charge in [-0.2, -0.15) is 0 Å². The fraction of sp³-hybridized carbons (Fsp3) is 0.296. The number of carbonyl (C=O) groups excluding carboxylic acids is 1. The zero-order valence-electron chi connectivity index (χ0n) is 18.3. The third-order valence-corrected chi connectivity index (χ3v) is 6.49. The number of carbonyl (C=O) groups is 3. The van der Waals surface area contributed by atoms with Crippen molar-refractivity contribution in [1.29, 1.82) is 0 Å². The Morgan fingerprint density at radius 2 is 1.58 bits per heavy atom. The predicted octanol–water partition coefficient (Wildman–Crippen LogP) is 4.11. The quantitative estimate of drug-likeness (QED) is 0.362. The minimum absolute atomic E-state index is 0.0832. The van der Waals surface area contributed by atoms with Crippen LogP contribution >= 0.6 is 0 Å². The van der Waals surface area contributed by atoms with E-state index in [1.54, 1.807) is 24.3 Å². The zero-order valence-corrected chi connectivity index (χ0v) is 18.3. The lowest BCUT2D eigenvalue weighted by Gasteiger charge is -2.47. The van der Waals surface area contributed by atoms with E-state index in [9.17, 15) is 24.6 Å². The summed E-state index contributed by atoms with van der Waals surface area (Å²) in [7, 11) is 0. The minimum atomic E-state index is -1.19. The van der Waals surface area contributed by atoms with E-state index < -0.39 is 29.9 Å². The molecule has 1 amide bonds. The Morgan fingerprint density at radius 1 is 0.879 bits per heavy atom. The van der Waals surface area contributed by atoms with Gasteiger partial charge in [0.15, 0.2) is 0 Å². The standard InChI is InChI=1S/C27H27NO5/c29-25-22(14-8-7-12-20-16-15-19-11-5-2-6-13-21(19)20)24(27(32)33)28(25)23(26(30)31)17-18-9-3-1-4-10-18/h1-6,9-11,13,15-16,22-24H,7-8,12,14,17H2,(H,30,31)(H,32,33)/t22-,23?,24-/m1/s1. The Labute approximate surface area is 192 Å². The summed E-state index contributed by atoms with van der Waals surface area (Å²) in [6.45, 7) is 0. The van der Waals surface area contributed by atoms with Gasteiger partial charge in [0.25, 0.3) is 0 Å². The van der Waals surface area contributed by atoms with Gasteiger partial charge in [-0.1, -0.05) is 79.2 Å². The molecule has 1 aromatic carbocycles. The number of fused-ring (bicyclic) bond motifs is 1. The number of amides is 1. The fourth-order valence-electron chi connectivity index (χ4n) is 4.81.